The molecule has 0 radical (unpaired) electrons. The summed E-state index contributed by atoms with van der Waals surface area (Å²) < 4.78 is 24.5. The Labute approximate surface area is 172 Å². The van der Waals surface area contributed by atoms with E-state index in [1.54, 1.807) is 6.20 Å². The fraction of sp³-hybridized carbons (Fsp3) is 0.273. The van der Waals surface area contributed by atoms with Gasteiger partial charge in [-0.2, -0.15) is 0 Å². The quantitative estimate of drug-likeness (QED) is 0.675. The second-order valence-electron chi connectivity index (χ2n) is 7.02. The molecule has 1 aliphatic heterocycles. The molecule has 0 bridgehead atoms. The minimum absolute atomic E-state index is 0.153. The Morgan fingerprint density at radius 1 is 1.28 bits per heavy atom. The summed E-state index contributed by atoms with van der Waals surface area (Å²) in [6.45, 7) is 4.94. The lowest BCUT2D eigenvalue weighted by atomic mass is 10.1. The summed E-state index contributed by atoms with van der Waals surface area (Å²) in [5.74, 6) is 0.134. The van der Waals surface area contributed by atoms with Crippen molar-refractivity contribution in [2.24, 2.45) is 0 Å². The molecule has 1 aliphatic rings. The standard InChI is InChI=1S/C22H21FN2O3S/c1-13-3-4-18(14(2)7-13)22-25-10-19(29-22)21(26)24-6-5-15-8-17(23)9-16-11-27-12-28-20(15)16/h3-4,7-10H,5-6,11-12H2,1-2H3,(H,24,26). The maximum atomic E-state index is 13.8. The van der Waals surface area contributed by atoms with Crippen LogP contribution in [-0.4, -0.2) is 24.2 Å². The van der Waals surface area contributed by atoms with E-state index in [0.717, 1.165) is 21.7 Å². The van der Waals surface area contributed by atoms with Crippen LogP contribution in [0.3, 0.4) is 0 Å². The van der Waals surface area contributed by atoms with E-state index < -0.39 is 0 Å². The van der Waals surface area contributed by atoms with Crippen molar-refractivity contribution in [3.8, 4) is 16.3 Å². The summed E-state index contributed by atoms with van der Waals surface area (Å²) in [4.78, 5) is 17.5. The van der Waals surface area contributed by atoms with Gasteiger partial charge in [-0.3, -0.25) is 4.79 Å². The minimum Gasteiger partial charge on any atom is -0.467 e. The van der Waals surface area contributed by atoms with E-state index in [1.165, 1.54) is 29.0 Å². The Balaban J connectivity index is 1.41. The summed E-state index contributed by atoms with van der Waals surface area (Å²) in [7, 11) is 0. The Kier molecular flexibility index (Phi) is 5.60. The Bertz CT molecular complexity index is 1060. The van der Waals surface area contributed by atoms with Crippen LogP contribution in [0, 0.1) is 19.7 Å². The fourth-order valence-electron chi connectivity index (χ4n) is 3.40. The topological polar surface area (TPSA) is 60.5 Å². The molecule has 0 atom stereocenters. The number of benzene rings is 2. The lowest BCUT2D eigenvalue weighted by Gasteiger charge is -2.20. The highest BCUT2D eigenvalue weighted by Gasteiger charge is 2.18. The van der Waals surface area contributed by atoms with Crippen molar-refractivity contribution in [3.63, 3.8) is 0 Å². The van der Waals surface area contributed by atoms with Gasteiger partial charge in [0, 0.05) is 17.7 Å². The molecule has 1 N–H and O–H groups in total. The maximum Gasteiger partial charge on any atom is 0.263 e. The average Bonchev–Trinajstić information content (AvgIpc) is 3.17. The molecule has 7 heteroatoms. The fourth-order valence-corrected chi connectivity index (χ4v) is 4.32. The SMILES string of the molecule is Cc1ccc(-c2ncc(C(=O)NCCc3cc(F)cc4c3OCOC4)s2)c(C)c1. The van der Waals surface area contributed by atoms with Crippen molar-refractivity contribution in [1.82, 2.24) is 10.3 Å². The smallest absolute Gasteiger partial charge is 0.263 e. The summed E-state index contributed by atoms with van der Waals surface area (Å²) >= 11 is 1.36. The van der Waals surface area contributed by atoms with E-state index in [0.29, 0.717) is 35.8 Å². The molecule has 0 saturated carbocycles. The van der Waals surface area contributed by atoms with Crippen LogP contribution in [0.4, 0.5) is 4.39 Å². The molecule has 0 aliphatic carbocycles. The molecule has 29 heavy (non-hydrogen) atoms. The van der Waals surface area contributed by atoms with Gasteiger partial charge in [0.2, 0.25) is 0 Å². The van der Waals surface area contributed by atoms with Crippen LogP contribution >= 0.6 is 11.3 Å². The Morgan fingerprint density at radius 3 is 2.97 bits per heavy atom. The first-order valence-electron chi connectivity index (χ1n) is 9.35. The van der Waals surface area contributed by atoms with Gasteiger partial charge < -0.3 is 14.8 Å². The van der Waals surface area contributed by atoms with Gasteiger partial charge in [-0.05, 0) is 43.5 Å². The second-order valence-corrected chi connectivity index (χ2v) is 8.05. The van der Waals surface area contributed by atoms with Gasteiger partial charge in [0.25, 0.3) is 5.91 Å². The van der Waals surface area contributed by atoms with Crippen molar-refractivity contribution in [2.75, 3.05) is 13.3 Å². The molecule has 0 spiro atoms. The van der Waals surface area contributed by atoms with Gasteiger partial charge in [-0.15, -0.1) is 11.3 Å². The first-order chi connectivity index (χ1) is 14.0. The third kappa shape index (κ3) is 4.31. The first-order valence-corrected chi connectivity index (χ1v) is 10.2. The number of aromatic nitrogens is 1. The highest BCUT2D eigenvalue weighted by atomic mass is 32.1. The molecule has 0 fully saturated rings. The number of halogens is 1. The normalized spacial score (nSPS) is 12.9. The minimum atomic E-state index is -0.334. The first kappa shape index (κ1) is 19.5. The van der Waals surface area contributed by atoms with Gasteiger partial charge in [0.15, 0.2) is 6.79 Å². The summed E-state index contributed by atoms with van der Waals surface area (Å²) in [5.41, 5.74) is 4.77. The predicted octanol–water partition coefficient (Wildman–Crippen LogP) is 4.41. The maximum absolute atomic E-state index is 13.8. The number of carbonyl (C=O) groups excluding carboxylic acids is 1. The van der Waals surface area contributed by atoms with Crippen LogP contribution in [0.1, 0.15) is 31.9 Å². The number of nitrogens with zero attached hydrogens (tertiary/aromatic N) is 1. The predicted molar refractivity (Wildman–Crippen MR) is 110 cm³/mol. The largest absolute Gasteiger partial charge is 0.467 e. The van der Waals surface area contributed by atoms with Crippen LogP contribution in [0.5, 0.6) is 5.75 Å². The average molecular weight is 412 g/mol. The zero-order valence-electron chi connectivity index (χ0n) is 16.3. The van der Waals surface area contributed by atoms with E-state index in [4.69, 9.17) is 9.47 Å². The summed E-state index contributed by atoms with van der Waals surface area (Å²) in [5, 5.41) is 3.70. The number of thiazole rings is 1. The number of rotatable bonds is 5. The van der Waals surface area contributed by atoms with Gasteiger partial charge in [0.1, 0.15) is 21.5 Å². The van der Waals surface area contributed by atoms with Crippen LogP contribution in [0.2, 0.25) is 0 Å². The lowest BCUT2D eigenvalue weighted by molar-refractivity contribution is -0.0172. The molecule has 3 aromatic rings. The van der Waals surface area contributed by atoms with Crippen molar-refractivity contribution >= 4 is 17.2 Å². The Morgan fingerprint density at radius 2 is 2.14 bits per heavy atom. The molecular weight excluding hydrogens is 391 g/mol. The molecule has 1 amide bonds. The Hall–Kier alpha value is -2.77. The number of carbonyl (C=O) groups is 1. The molecule has 1 aromatic heterocycles. The van der Waals surface area contributed by atoms with Crippen LogP contribution in [0.25, 0.3) is 10.6 Å². The van der Waals surface area contributed by atoms with E-state index in [2.05, 4.69) is 16.4 Å². The van der Waals surface area contributed by atoms with Crippen LogP contribution < -0.4 is 10.1 Å². The second kappa shape index (κ2) is 8.31. The van der Waals surface area contributed by atoms with Crippen LogP contribution in [0.15, 0.2) is 36.5 Å². The zero-order valence-corrected chi connectivity index (χ0v) is 17.1. The molecule has 0 saturated heterocycles. The van der Waals surface area contributed by atoms with Crippen molar-refractivity contribution in [3.05, 3.63) is 69.5 Å². The monoisotopic (exact) mass is 412 g/mol. The van der Waals surface area contributed by atoms with Gasteiger partial charge >= 0.3 is 0 Å². The third-order valence-corrected chi connectivity index (χ3v) is 5.80. The molecule has 0 unspecified atom stereocenters. The number of fused-ring (bicyclic) bond motifs is 1. The van der Waals surface area contributed by atoms with Crippen molar-refractivity contribution < 1.29 is 18.7 Å². The molecular formula is C22H21FN2O3S. The summed E-state index contributed by atoms with van der Waals surface area (Å²) in [6.07, 6.45) is 2.06. The van der Waals surface area contributed by atoms with Crippen molar-refractivity contribution in [1.29, 1.82) is 0 Å². The lowest BCUT2D eigenvalue weighted by Crippen LogP contribution is -2.25. The number of hydrogen-bond donors (Lipinski definition) is 1. The number of aryl methyl sites for hydroxylation is 2. The highest BCUT2D eigenvalue weighted by Crippen LogP contribution is 2.30. The number of hydrogen-bond acceptors (Lipinski definition) is 5. The van der Waals surface area contributed by atoms with Gasteiger partial charge in [0.05, 0.1) is 12.8 Å². The number of amides is 1. The zero-order chi connectivity index (χ0) is 20.4. The van der Waals surface area contributed by atoms with E-state index >= 15 is 0 Å². The number of nitrogens with one attached hydrogen (secondary N) is 1. The summed E-state index contributed by atoms with van der Waals surface area (Å²) in [6, 6.07) is 9.03. The molecule has 150 valence electrons. The number of ether oxygens (including phenoxy) is 2. The van der Waals surface area contributed by atoms with Gasteiger partial charge in [-0.1, -0.05) is 23.8 Å². The van der Waals surface area contributed by atoms with E-state index in [1.807, 2.05) is 26.0 Å². The van der Waals surface area contributed by atoms with E-state index in [-0.39, 0.29) is 18.5 Å². The van der Waals surface area contributed by atoms with E-state index in [9.17, 15) is 9.18 Å². The third-order valence-electron chi connectivity index (χ3n) is 4.77. The molecule has 5 nitrogen and oxygen atoms in total. The highest BCUT2D eigenvalue weighted by molar-refractivity contribution is 7.16. The van der Waals surface area contributed by atoms with Gasteiger partial charge in [-0.25, -0.2) is 9.37 Å². The molecule has 4 rings (SSSR count). The van der Waals surface area contributed by atoms with Crippen LogP contribution in [-0.2, 0) is 17.8 Å². The molecule has 2 aromatic carbocycles. The molecule has 2 heterocycles. The van der Waals surface area contributed by atoms with Crippen molar-refractivity contribution in [2.45, 2.75) is 26.9 Å².